The minimum atomic E-state index is -4.34. The fourth-order valence-corrected chi connectivity index (χ4v) is 1.40. The molecule has 0 aliphatic rings. The molecule has 18 heavy (non-hydrogen) atoms. The zero-order valence-corrected chi connectivity index (χ0v) is 9.45. The molecule has 0 aliphatic carbocycles. The number of aryl methyl sites for hydroxylation is 1. The van der Waals surface area contributed by atoms with E-state index in [1.54, 1.807) is 13.0 Å². The van der Waals surface area contributed by atoms with E-state index in [2.05, 4.69) is 20.3 Å². The molecule has 0 saturated carbocycles. The average Bonchev–Trinajstić information content (AvgIpc) is 2.72. The van der Waals surface area contributed by atoms with Gasteiger partial charge in [-0.3, -0.25) is 0 Å². The van der Waals surface area contributed by atoms with Gasteiger partial charge in [0.05, 0.1) is 12.1 Å². The molecule has 0 radical (unpaired) electrons. The van der Waals surface area contributed by atoms with Gasteiger partial charge in [-0.1, -0.05) is 16.4 Å². The lowest BCUT2D eigenvalue weighted by molar-refractivity contribution is -0.137. The van der Waals surface area contributed by atoms with Gasteiger partial charge in [-0.05, 0) is 25.1 Å². The lowest BCUT2D eigenvalue weighted by Gasteiger charge is -2.09. The van der Waals surface area contributed by atoms with Crippen LogP contribution in [0, 0.1) is 6.92 Å². The second-order valence-electron chi connectivity index (χ2n) is 3.73. The Morgan fingerprint density at radius 3 is 2.67 bits per heavy atom. The van der Waals surface area contributed by atoms with E-state index in [1.807, 2.05) is 0 Å². The SMILES string of the molecule is Cc1nonc1CNc1cccc(C(F)(F)F)c1. The number of hydrogen-bond donors (Lipinski definition) is 1. The molecule has 0 spiro atoms. The van der Waals surface area contributed by atoms with Crippen LogP contribution in [0.5, 0.6) is 0 Å². The van der Waals surface area contributed by atoms with Gasteiger partial charge in [0.25, 0.3) is 0 Å². The highest BCUT2D eigenvalue weighted by molar-refractivity contribution is 5.46. The molecular formula is C11H10F3N3O. The van der Waals surface area contributed by atoms with Crippen molar-refractivity contribution < 1.29 is 17.8 Å². The molecule has 0 saturated heterocycles. The first-order valence-corrected chi connectivity index (χ1v) is 5.16. The molecule has 0 amide bonds. The van der Waals surface area contributed by atoms with Crippen molar-refractivity contribution in [3.63, 3.8) is 0 Å². The zero-order chi connectivity index (χ0) is 13.2. The molecule has 0 unspecified atom stereocenters. The summed E-state index contributed by atoms with van der Waals surface area (Å²) in [6, 6.07) is 4.97. The van der Waals surface area contributed by atoms with Crippen molar-refractivity contribution in [3.8, 4) is 0 Å². The highest BCUT2D eigenvalue weighted by Gasteiger charge is 2.30. The normalized spacial score (nSPS) is 11.6. The minimum absolute atomic E-state index is 0.261. The Morgan fingerprint density at radius 1 is 1.28 bits per heavy atom. The van der Waals surface area contributed by atoms with Crippen LogP contribution in [0.15, 0.2) is 28.9 Å². The van der Waals surface area contributed by atoms with Gasteiger partial charge < -0.3 is 5.32 Å². The molecule has 4 nitrogen and oxygen atoms in total. The molecule has 0 fully saturated rings. The Bertz CT molecular complexity index is 536. The summed E-state index contributed by atoms with van der Waals surface area (Å²) in [4.78, 5) is 0. The summed E-state index contributed by atoms with van der Waals surface area (Å²) in [5.74, 6) is 0. The zero-order valence-electron chi connectivity index (χ0n) is 9.45. The maximum Gasteiger partial charge on any atom is 0.416 e. The molecule has 0 aliphatic heterocycles. The standard InChI is InChI=1S/C11H10F3N3O/c1-7-10(17-18-16-7)6-15-9-4-2-3-8(5-9)11(12,13)14/h2-5,15H,6H2,1H3. The van der Waals surface area contributed by atoms with Crippen LogP contribution in [-0.4, -0.2) is 10.3 Å². The Kier molecular flexibility index (Phi) is 3.22. The number of nitrogens with zero attached hydrogens (tertiary/aromatic N) is 2. The first kappa shape index (κ1) is 12.4. The minimum Gasteiger partial charge on any atom is -0.379 e. The van der Waals surface area contributed by atoms with Crippen molar-refractivity contribution in [2.75, 3.05) is 5.32 Å². The van der Waals surface area contributed by atoms with E-state index in [0.717, 1.165) is 12.1 Å². The Labute approximate surface area is 101 Å². The Balaban J connectivity index is 2.09. The van der Waals surface area contributed by atoms with E-state index in [-0.39, 0.29) is 6.54 Å². The van der Waals surface area contributed by atoms with Crippen LogP contribution in [-0.2, 0) is 12.7 Å². The third kappa shape index (κ3) is 2.79. The third-order valence-corrected chi connectivity index (χ3v) is 2.40. The van der Waals surface area contributed by atoms with E-state index >= 15 is 0 Å². The number of hydrogen-bond acceptors (Lipinski definition) is 4. The van der Waals surface area contributed by atoms with E-state index in [4.69, 9.17) is 0 Å². The highest BCUT2D eigenvalue weighted by Crippen LogP contribution is 2.30. The van der Waals surface area contributed by atoms with Crippen molar-refractivity contribution in [2.45, 2.75) is 19.6 Å². The molecule has 7 heteroatoms. The second kappa shape index (κ2) is 4.67. The largest absolute Gasteiger partial charge is 0.416 e. The number of alkyl halides is 3. The fourth-order valence-electron chi connectivity index (χ4n) is 1.40. The van der Waals surface area contributed by atoms with Crippen molar-refractivity contribution in [1.82, 2.24) is 10.3 Å². The molecule has 2 rings (SSSR count). The average molecular weight is 257 g/mol. The van der Waals surface area contributed by atoms with Crippen molar-refractivity contribution >= 4 is 5.69 Å². The van der Waals surface area contributed by atoms with Gasteiger partial charge in [-0.25, -0.2) is 4.63 Å². The summed E-state index contributed by atoms with van der Waals surface area (Å²) in [7, 11) is 0. The van der Waals surface area contributed by atoms with Gasteiger partial charge in [0, 0.05) is 5.69 Å². The summed E-state index contributed by atoms with van der Waals surface area (Å²) in [5.41, 5.74) is 0.844. The summed E-state index contributed by atoms with van der Waals surface area (Å²) < 4.78 is 41.9. The summed E-state index contributed by atoms with van der Waals surface area (Å²) in [5, 5.41) is 10.0. The third-order valence-electron chi connectivity index (χ3n) is 2.40. The molecule has 1 aromatic carbocycles. The monoisotopic (exact) mass is 257 g/mol. The molecule has 2 aromatic rings. The highest BCUT2D eigenvalue weighted by atomic mass is 19.4. The number of nitrogens with one attached hydrogen (secondary N) is 1. The summed E-state index contributed by atoms with van der Waals surface area (Å²) in [6.45, 7) is 1.97. The van der Waals surface area contributed by atoms with Crippen LogP contribution in [0.2, 0.25) is 0 Å². The molecule has 96 valence electrons. The predicted octanol–water partition coefficient (Wildman–Crippen LogP) is 3.01. The van der Waals surface area contributed by atoms with E-state index < -0.39 is 11.7 Å². The van der Waals surface area contributed by atoms with E-state index in [9.17, 15) is 13.2 Å². The van der Waals surface area contributed by atoms with Crippen molar-refractivity contribution in [2.24, 2.45) is 0 Å². The van der Waals surface area contributed by atoms with E-state index in [0.29, 0.717) is 17.1 Å². The van der Waals surface area contributed by atoms with Crippen LogP contribution in [0.4, 0.5) is 18.9 Å². The van der Waals surface area contributed by atoms with Crippen LogP contribution in [0.3, 0.4) is 0 Å². The fraction of sp³-hybridized carbons (Fsp3) is 0.273. The van der Waals surface area contributed by atoms with Crippen LogP contribution in [0.25, 0.3) is 0 Å². The second-order valence-corrected chi connectivity index (χ2v) is 3.73. The molecule has 1 N–H and O–H groups in total. The maximum absolute atomic E-state index is 12.5. The van der Waals surface area contributed by atoms with E-state index in [1.165, 1.54) is 6.07 Å². The molecular weight excluding hydrogens is 247 g/mol. The quantitative estimate of drug-likeness (QED) is 0.918. The van der Waals surface area contributed by atoms with Gasteiger partial charge in [0.15, 0.2) is 0 Å². The van der Waals surface area contributed by atoms with Gasteiger partial charge in [0.1, 0.15) is 11.4 Å². The Hall–Kier alpha value is -2.05. The Morgan fingerprint density at radius 2 is 2.06 bits per heavy atom. The molecule has 1 aromatic heterocycles. The van der Waals surface area contributed by atoms with Crippen LogP contribution in [0.1, 0.15) is 17.0 Å². The maximum atomic E-state index is 12.5. The number of rotatable bonds is 3. The smallest absolute Gasteiger partial charge is 0.379 e. The lowest BCUT2D eigenvalue weighted by Crippen LogP contribution is -2.06. The van der Waals surface area contributed by atoms with Crippen LogP contribution < -0.4 is 5.32 Å². The lowest BCUT2D eigenvalue weighted by atomic mass is 10.2. The first-order valence-electron chi connectivity index (χ1n) is 5.16. The van der Waals surface area contributed by atoms with Crippen molar-refractivity contribution in [3.05, 3.63) is 41.2 Å². The predicted molar refractivity (Wildman–Crippen MR) is 57.8 cm³/mol. The van der Waals surface area contributed by atoms with Gasteiger partial charge in [-0.2, -0.15) is 13.2 Å². The molecule has 1 heterocycles. The number of benzene rings is 1. The molecule has 0 atom stereocenters. The number of halogens is 3. The van der Waals surface area contributed by atoms with Crippen molar-refractivity contribution in [1.29, 1.82) is 0 Å². The summed E-state index contributed by atoms with van der Waals surface area (Å²) in [6.07, 6.45) is -4.34. The number of anilines is 1. The topological polar surface area (TPSA) is 51.0 Å². The van der Waals surface area contributed by atoms with Gasteiger partial charge >= 0.3 is 6.18 Å². The van der Waals surface area contributed by atoms with Crippen LogP contribution >= 0.6 is 0 Å². The number of aromatic nitrogens is 2. The van der Waals surface area contributed by atoms with Gasteiger partial charge in [-0.15, -0.1) is 0 Å². The summed E-state index contributed by atoms with van der Waals surface area (Å²) >= 11 is 0. The molecule has 0 bridgehead atoms. The van der Waals surface area contributed by atoms with Gasteiger partial charge in [0.2, 0.25) is 0 Å². The first-order chi connectivity index (χ1) is 8.47.